The maximum Gasteiger partial charge on any atom is 0.111 e. The summed E-state index contributed by atoms with van der Waals surface area (Å²) >= 11 is 5.32. The van der Waals surface area contributed by atoms with E-state index in [1.54, 1.807) is 11.8 Å². The summed E-state index contributed by atoms with van der Waals surface area (Å²) in [5, 5.41) is 4.63. The van der Waals surface area contributed by atoms with Crippen molar-refractivity contribution in [1.82, 2.24) is 10.3 Å². The molecule has 2 nitrogen and oxygen atoms in total. The molecule has 1 aromatic heterocycles. The highest BCUT2D eigenvalue weighted by Gasteiger charge is 2.14. The van der Waals surface area contributed by atoms with E-state index in [1.807, 2.05) is 31.4 Å². The van der Waals surface area contributed by atoms with Gasteiger partial charge in [0.1, 0.15) is 5.03 Å². The molecule has 4 heteroatoms. The first-order valence-corrected chi connectivity index (χ1v) is 7.45. The molecule has 0 fully saturated rings. The van der Waals surface area contributed by atoms with E-state index in [-0.39, 0.29) is 0 Å². The molecule has 2 aromatic rings. The molecule has 18 heavy (non-hydrogen) atoms. The summed E-state index contributed by atoms with van der Waals surface area (Å²) in [6, 6.07) is 14.5. The Bertz CT molecular complexity index is 490. The standard InChI is InChI=1S/C14H15BrN2S/c1-16-10-13(11-6-3-2-4-7-11)18-14-12(15)8-5-9-17-14/h2-9,13,16H,10H2,1H3. The van der Waals surface area contributed by atoms with E-state index < -0.39 is 0 Å². The van der Waals surface area contributed by atoms with Gasteiger partial charge in [-0.05, 0) is 40.7 Å². The van der Waals surface area contributed by atoms with Gasteiger partial charge in [0.2, 0.25) is 0 Å². The van der Waals surface area contributed by atoms with Crippen molar-refractivity contribution in [3.8, 4) is 0 Å². The van der Waals surface area contributed by atoms with Crippen molar-refractivity contribution >= 4 is 27.7 Å². The third kappa shape index (κ3) is 3.57. The van der Waals surface area contributed by atoms with Gasteiger partial charge in [0, 0.05) is 22.5 Å². The van der Waals surface area contributed by atoms with Crippen LogP contribution in [0.25, 0.3) is 0 Å². The summed E-state index contributed by atoms with van der Waals surface area (Å²) in [6.45, 7) is 0.914. The number of pyridine rings is 1. The van der Waals surface area contributed by atoms with Crippen LogP contribution in [-0.4, -0.2) is 18.6 Å². The van der Waals surface area contributed by atoms with Gasteiger partial charge in [0.15, 0.2) is 0 Å². The highest BCUT2D eigenvalue weighted by atomic mass is 79.9. The van der Waals surface area contributed by atoms with E-state index in [9.17, 15) is 0 Å². The maximum atomic E-state index is 4.41. The predicted octanol–water partition coefficient (Wildman–Crippen LogP) is 3.90. The summed E-state index contributed by atoms with van der Waals surface area (Å²) in [5.74, 6) is 0. The van der Waals surface area contributed by atoms with Crippen molar-refractivity contribution < 1.29 is 0 Å². The van der Waals surface area contributed by atoms with E-state index in [0.29, 0.717) is 5.25 Å². The van der Waals surface area contributed by atoms with Gasteiger partial charge in [0.25, 0.3) is 0 Å². The van der Waals surface area contributed by atoms with Crippen LogP contribution in [0, 0.1) is 0 Å². The minimum atomic E-state index is 0.363. The molecule has 0 saturated heterocycles. The number of thioether (sulfide) groups is 1. The van der Waals surface area contributed by atoms with Crippen LogP contribution in [-0.2, 0) is 0 Å². The smallest absolute Gasteiger partial charge is 0.111 e. The van der Waals surface area contributed by atoms with Crippen molar-refractivity contribution in [1.29, 1.82) is 0 Å². The average Bonchev–Trinajstić information content (AvgIpc) is 2.42. The Kier molecular flexibility index (Phi) is 5.23. The molecule has 0 spiro atoms. The first-order chi connectivity index (χ1) is 8.81. The predicted molar refractivity (Wildman–Crippen MR) is 80.9 cm³/mol. The molecule has 0 radical (unpaired) electrons. The number of nitrogens with zero attached hydrogens (tertiary/aromatic N) is 1. The lowest BCUT2D eigenvalue weighted by Crippen LogP contribution is -2.15. The van der Waals surface area contributed by atoms with Crippen LogP contribution in [0.5, 0.6) is 0 Å². The van der Waals surface area contributed by atoms with Gasteiger partial charge in [-0.2, -0.15) is 0 Å². The number of aromatic nitrogens is 1. The lowest BCUT2D eigenvalue weighted by Gasteiger charge is -2.16. The van der Waals surface area contributed by atoms with Crippen molar-refractivity contribution in [2.45, 2.75) is 10.3 Å². The zero-order chi connectivity index (χ0) is 12.8. The number of halogens is 1. The largest absolute Gasteiger partial charge is 0.318 e. The van der Waals surface area contributed by atoms with Gasteiger partial charge in [-0.15, -0.1) is 0 Å². The Morgan fingerprint density at radius 2 is 2.00 bits per heavy atom. The summed E-state index contributed by atoms with van der Waals surface area (Å²) in [4.78, 5) is 4.41. The number of rotatable bonds is 5. The number of likely N-dealkylation sites (N-methyl/N-ethyl adjacent to an activating group) is 1. The number of hydrogen-bond acceptors (Lipinski definition) is 3. The summed E-state index contributed by atoms with van der Waals surface area (Å²) in [6.07, 6.45) is 1.83. The quantitative estimate of drug-likeness (QED) is 0.845. The van der Waals surface area contributed by atoms with Crippen molar-refractivity contribution in [3.63, 3.8) is 0 Å². The minimum Gasteiger partial charge on any atom is -0.318 e. The fourth-order valence-corrected chi connectivity index (χ4v) is 3.32. The molecule has 0 bridgehead atoms. The Balaban J connectivity index is 2.19. The molecule has 0 aliphatic carbocycles. The lowest BCUT2D eigenvalue weighted by atomic mass is 10.1. The van der Waals surface area contributed by atoms with E-state index in [1.165, 1.54) is 5.56 Å². The molecule has 2 rings (SSSR count). The van der Waals surface area contributed by atoms with E-state index >= 15 is 0 Å². The molecule has 0 aliphatic heterocycles. The van der Waals surface area contributed by atoms with Gasteiger partial charge < -0.3 is 5.32 Å². The van der Waals surface area contributed by atoms with Crippen molar-refractivity contribution in [2.24, 2.45) is 0 Å². The second-order valence-corrected chi connectivity index (χ2v) is 5.91. The number of benzene rings is 1. The highest BCUT2D eigenvalue weighted by molar-refractivity contribution is 9.10. The number of nitrogens with one attached hydrogen (secondary N) is 1. The molecule has 1 N–H and O–H groups in total. The van der Waals surface area contributed by atoms with E-state index in [0.717, 1.165) is 16.0 Å². The summed E-state index contributed by atoms with van der Waals surface area (Å²) in [5.41, 5.74) is 1.31. The molecule has 0 aliphatic rings. The van der Waals surface area contributed by atoms with Gasteiger partial charge in [0.05, 0.1) is 0 Å². The van der Waals surface area contributed by atoms with Crippen LogP contribution in [0.1, 0.15) is 10.8 Å². The average molecular weight is 323 g/mol. The Labute approximate surface area is 120 Å². The van der Waals surface area contributed by atoms with Crippen LogP contribution in [0.4, 0.5) is 0 Å². The number of hydrogen-bond donors (Lipinski definition) is 1. The highest BCUT2D eigenvalue weighted by Crippen LogP contribution is 2.36. The minimum absolute atomic E-state index is 0.363. The van der Waals surface area contributed by atoms with Gasteiger partial charge >= 0.3 is 0 Å². The SMILES string of the molecule is CNCC(Sc1ncccc1Br)c1ccccc1. The van der Waals surface area contributed by atoms with Crippen molar-refractivity contribution in [3.05, 3.63) is 58.7 Å². The van der Waals surface area contributed by atoms with Crippen molar-refractivity contribution in [2.75, 3.05) is 13.6 Å². The fraction of sp³-hybridized carbons (Fsp3) is 0.214. The fourth-order valence-electron chi connectivity index (χ4n) is 1.67. The second kappa shape index (κ2) is 6.92. The Morgan fingerprint density at radius 3 is 2.67 bits per heavy atom. The lowest BCUT2D eigenvalue weighted by molar-refractivity contribution is 0.776. The molecule has 94 valence electrons. The summed E-state index contributed by atoms with van der Waals surface area (Å²) in [7, 11) is 1.98. The van der Waals surface area contributed by atoms with Gasteiger partial charge in [-0.25, -0.2) is 4.98 Å². The molecule has 1 unspecified atom stereocenters. The van der Waals surface area contributed by atoms with Crippen LogP contribution in [0.15, 0.2) is 58.2 Å². The molecule has 0 amide bonds. The zero-order valence-electron chi connectivity index (χ0n) is 10.1. The first kappa shape index (κ1) is 13.6. The van der Waals surface area contributed by atoms with E-state index in [4.69, 9.17) is 0 Å². The van der Waals surface area contributed by atoms with Gasteiger partial charge in [-0.3, -0.25) is 0 Å². The van der Waals surface area contributed by atoms with Crippen LogP contribution in [0.3, 0.4) is 0 Å². The molecule has 1 atom stereocenters. The normalized spacial score (nSPS) is 12.3. The maximum absolute atomic E-state index is 4.41. The Hall–Kier alpha value is -0.840. The monoisotopic (exact) mass is 322 g/mol. The second-order valence-electron chi connectivity index (χ2n) is 3.87. The molecular weight excluding hydrogens is 308 g/mol. The topological polar surface area (TPSA) is 24.9 Å². The van der Waals surface area contributed by atoms with Gasteiger partial charge in [-0.1, -0.05) is 42.1 Å². The van der Waals surface area contributed by atoms with E-state index in [2.05, 4.69) is 50.5 Å². The summed E-state index contributed by atoms with van der Waals surface area (Å²) < 4.78 is 1.05. The molecule has 0 saturated carbocycles. The molecular formula is C14H15BrN2S. The molecule has 1 heterocycles. The Morgan fingerprint density at radius 1 is 1.22 bits per heavy atom. The molecule has 1 aromatic carbocycles. The third-order valence-electron chi connectivity index (χ3n) is 2.54. The zero-order valence-corrected chi connectivity index (χ0v) is 12.5. The van der Waals surface area contributed by atoms with Crippen LogP contribution < -0.4 is 5.32 Å². The van der Waals surface area contributed by atoms with Crippen LogP contribution in [0.2, 0.25) is 0 Å². The first-order valence-electron chi connectivity index (χ1n) is 5.78. The third-order valence-corrected chi connectivity index (χ3v) is 4.71. The van der Waals surface area contributed by atoms with Crippen LogP contribution >= 0.6 is 27.7 Å².